The van der Waals surface area contributed by atoms with E-state index in [-0.39, 0.29) is 5.82 Å². The molecule has 104 valence electrons. The maximum absolute atomic E-state index is 13.2. The normalized spacial score (nSPS) is 17.2. The van der Waals surface area contributed by atoms with E-state index in [1.807, 2.05) is 13.0 Å². The molecule has 0 aromatic heterocycles. The lowest BCUT2D eigenvalue weighted by Gasteiger charge is -2.13. The first-order valence-corrected chi connectivity index (χ1v) is 7.31. The largest absolute Gasteiger partial charge is 0.310 e. The molecule has 0 saturated heterocycles. The predicted octanol–water partition coefficient (Wildman–Crippen LogP) is 4.40. The van der Waals surface area contributed by atoms with Gasteiger partial charge in [-0.2, -0.15) is 0 Å². The van der Waals surface area contributed by atoms with E-state index in [1.54, 1.807) is 6.07 Å². The van der Waals surface area contributed by atoms with Crippen LogP contribution in [0.5, 0.6) is 0 Å². The quantitative estimate of drug-likeness (QED) is 0.871. The summed E-state index contributed by atoms with van der Waals surface area (Å²) >= 11 is 0. The van der Waals surface area contributed by atoms with E-state index in [2.05, 4.69) is 30.4 Å². The van der Waals surface area contributed by atoms with E-state index in [4.69, 9.17) is 0 Å². The second-order valence-corrected chi connectivity index (χ2v) is 5.52. The van der Waals surface area contributed by atoms with Crippen LogP contribution in [0.25, 0.3) is 11.1 Å². The van der Waals surface area contributed by atoms with Crippen LogP contribution >= 0.6 is 0 Å². The molecule has 0 fully saturated rings. The third-order valence-corrected chi connectivity index (χ3v) is 4.17. The van der Waals surface area contributed by atoms with E-state index in [0.29, 0.717) is 6.04 Å². The maximum Gasteiger partial charge on any atom is 0.123 e. The molecule has 20 heavy (non-hydrogen) atoms. The van der Waals surface area contributed by atoms with Crippen molar-refractivity contribution in [3.05, 3.63) is 58.9 Å². The summed E-state index contributed by atoms with van der Waals surface area (Å²) in [5.74, 6) is -0.167. The molecular weight excluding hydrogens is 249 g/mol. The molecule has 0 aliphatic heterocycles. The highest BCUT2D eigenvalue weighted by Gasteiger charge is 2.21. The van der Waals surface area contributed by atoms with Gasteiger partial charge in [0, 0.05) is 6.04 Å². The van der Waals surface area contributed by atoms with Gasteiger partial charge < -0.3 is 5.32 Å². The first kappa shape index (κ1) is 13.3. The number of aryl methyl sites for hydroxylation is 2. The molecule has 1 nitrogen and oxygen atoms in total. The van der Waals surface area contributed by atoms with Gasteiger partial charge in [-0.05, 0) is 66.3 Å². The number of fused-ring (bicyclic) bond motifs is 1. The Bertz CT molecular complexity index is 633. The van der Waals surface area contributed by atoms with Crippen LogP contribution in [0.15, 0.2) is 36.4 Å². The highest BCUT2D eigenvalue weighted by atomic mass is 19.1. The van der Waals surface area contributed by atoms with Crippen molar-refractivity contribution in [1.29, 1.82) is 0 Å². The second kappa shape index (κ2) is 5.37. The number of rotatable bonds is 3. The molecule has 0 radical (unpaired) electrons. The van der Waals surface area contributed by atoms with Gasteiger partial charge in [-0.1, -0.05) is 31.2 Å². The van der Waals surface area contributed by atoms with Crippen molar-refractivity contribution in [2.75, 3.05) is 6.54 Å². The van der Waals surface area contributed by atoms with E-state index in [0.717, 1.165) is 24.1 Å². The number of hydrogen-bond acceptors (Lipinski definition) is 1. The highest BCUT2D eigenvalue weighted by molar-refractivity contribution is 5.68. The Kier molecular flexibility index (Phi) is 3.58. The van der Waals surface area contributed by atoms with Crippen molar-refractivity contribution < 1.29 is 4.39 Å². The standard InChI is InChI=1S/C18H20FN/c1-3-20-18-9-5-14-11-13(4-7-17(14)18)16-8-6-15(19)10-12(16)2/h4,6-8,10-11,18,20H,3,5,9H2,1-2H3. The van der Waals surface area contributed by atoms with Crippen LogP contribution < -0.4 is 5.32 Å². The van der Waals surface area contributed by atoms with Crippen LogP contribution in [0.1, 0.15) is 36.1 Å². The fourth-order valence-electron chi connectivity index (χ4n) is 3.19. The monoisotopic (exact) mass is 269 g/mol. The van der Waals surface area contributed by atoms with E-state index < -0.39 is 0 Å². The minimum absolute atomic E-state index is 0.167. The Labute approximate surface area is 119 Å². The molecule has 1 aliphatic rings. The molecular formula is C18H20FN. The molecule has 3 rings (SSSR count). The Morgan fingerprint density at radius 1 is 1.20 bits per heavy atom. The summed E-state index contributed by atoms with van der Waals surface area (Å²) in [5.41, 5.74) is 6.17. The molecule has 0 heterocycles. The van der Waals surface area contributed by atoms with E-state index in [9.17, 15) is 4.39 Å². The molecule has 2 aromatic carbocycles. The number of nitrogens with one attached hydrogen (secondary N) is 1. The number of hydrogen-bond donors (Lipinski definition) is 1. The molecule has 1 atom stereocenters. The van der Waals surface area contributed by atoms with Crippen molar-refractivity contribution in [3.8, 4) is 11.1 Å². The lowest BCUT2D eigenvalue weighted by Crippen LogP contribution is -2.18. The third-order valence-electron chi connectivity index (χ3n) is 4.17. The van der Waals surface area contributed by atoms with E-state index >= 15 is 0 Å². The van der Waals surface area contributed by atoms with Crippen LogP contribution in [0, 0.1) is 12.7 Å². The lowest BCUT2D eigenvalue weighted by atomic mass is 9.96. The Morgan fingerprint density at radius 2 is 2.05 bits per heavy atom. The molecule has 1 unspecified atom stereocenters. The zero-order valence-electron chi connectivity index (χ0n) is 12.0. The zero-order valence-corrected chi connectivity index (χ0v) is 12.0. The smallest absolute Gasteiger partial charge is 0.123 e. The van der Waals surface area contributed by atoms with Gasteiger partial charge in [0.1, 0.15) is 5.82 Å². The Balaban J connectivity index is 1.97. The number of halogens is 1. The van der Waals surface area contributed by atoms with Gasteiger partial charge >= 0.3 is 0 Å². The molecule has 1 aliphatic carbocycles. The minimum atomic E-state index is -0.167. The van der Waals surface area contributed by atoms with Gasteiger partial charge in [0.05, 0.1) is 0 Å². The highest BCUT2D eigenvalue weighted by Crippen LogP contribution is 2.35. The Hall–Kier alpha value is -1.67. The summed E-state index contributed by atoms with van der Waals surface area (Å²) in [5, 5.41) is 3.53. The average molecular weight is 269 g/mol. The van der Waals surface area contributed by atoms with Gasteiger partial charge in [0.2, 0.25) is 0 Å². The van der Waals surface area contributed by atoms with Crippen molar-refractivity contribution in [2.45, 2.75) is 32.7 Å². The van der Waals surface area contributed by atoms with Crippen molar-refractivity contribution in [3.63, 3.8) is 0 Å². The van der Waals surface area contributed by atoms with Crippen LogP contribution in [-0.2, 0) is 6.42 Å². The molecule has 0 amide bonds. The van der Waals surface area contributed by atoms with Gasteiger partial charge in [-0.15, -0.1) is 0 Å². The number of benzene rings is 2. The summed E-state index contributed by atoms with van der Waals surface area (Å²) < 4.78 is 13.2. The van der Waals surface area contributed by atoms with Crippen molar-refractivity contribution >= 4 is 0 Å². The molecule has 2 heteroatoms. The van der Waals surface area contributed by atoms with Crippen LogP contribution in [-0.4, -0.2) is 6.54 Å². The molecule has 0 spiro atoms. The summed E-state index contributed by atoms with van der Waals surface area (Å²) in [7, 11) is 0. The fourth-order valence-corrected chi connectivity index (χ4v) is 3.19. The van der Waals surface area contributed by atoms with Crippen LogP contribution in [0.3, 0.4) is 0 Å². The average Bonchev–Trinajstić information content (AvgIpc) is 2.82. The second-order valence-electron chi connectivity index (χ2n) is 5.52. The van der Waals surface area contributed by atoms with Crippen molar-refractivity contribution in [2.24, 2.45) is 0 Å². The first-order chi connectivity index (χ1) is 9.69. The molecule has 0 saturated carbocycles. The maximum atomic E-state index is 13.2. The topological polar surface area (TPSA) is 12.0 Å². The predicted molar refractivity (Wildman–Crippen MR) is 81.3 cm³/mol. The fraction of sp³-hybridized carbons (Fsp3) is 0.333. The first-order valence-electron chi connectivity index (χ1n) is 7.31. The minimum Gasteiger partial charge on any atom is -0.310 e. The van der Waals surface area contributed by atoms with Gasteiger partial charge in [0.15, 0.2) is 0 Å². The lowest BCUT2D eigenvalue weighted by molar-refractivity contribution is 0.549. The molecule has 2 aromatic rings. The van der Waals surface area contributed by atoms with Gasteiger partial charge in [-0.3, -0.25) is 0 Å². The zero-order chi connectivity index (χ0) is 14.1. The summed E-state index contributed by atoms with van der Waals surface area (Å²) in [6.45, 7) is 5.12. The van der Waals surface area contributed by atoms with E-state index in [1.165, 1.54) is 29.2 Å². The molecule has 1 N–H and O–H groups in total. The Morgan fingerprint density at radius 3 is 2.80 bits per heavy atom. The summed E-state index contributed by atoms with van der Waals surface area (Å²) in [6.07, 6.45) is 2.30. The third kappa shape index (κ3) is 2.36. The van der Waals surface area contributed by atoms with Gasteiger partial charge in [-0.25, -0.2) is 4.39 Å². The van der Waals surface area contributed by atoms with Crippen LogP contribution in [0.4, 0.5) is 4.39 Å². The summed E-state index contributed by atoms with van der Waals surface area (Å²) in [4.78, 5) is 0. The molecule has 0 bridgehead atoms. The SMILES string of the molecule is CCNC1CCc2cc(-c3ccc(F)cc3C)ccc21. The van der Waals surface area contributed by atoms with Crippen LogP contribution in [0.2, 0.25) is 0 Å². The summed E-state index contributed by atoms with van der Waals surface area (Å²) in [6, 6.07) is 12.2. The van der Waals surface area contributed by atoms with Crippen molar-refractivity contribution in [1.82, 2.24) is 5.32 Å². The van der Waals surface area contributed by atoms with Gasteiger partial charge in [0.25, 0.3) is 0 Å².